The molecule has 0 bridgehead atoms. The van der Waals surface area contributed by atoms with E-state index in [4.69, 9.17) is 4.74 Å². The first-order valence-corrected chi connectivity index (χ1v) is 7.90. The van der Waals surface area contributed by atoms with Gasteiger partial charge in [0, 0.05) is 15.6 Å². The monoisotopic (exact) mass is 442 g/mol. The molecule has 23 heavy (non-hydrogen) atoms. The Morgan fingerprint density at radius 3 is 2.48 bits per heavy atom. The van der Waals surface area contributed by atoms with Gasteiger partial charge in [0.25, 0.3) is 5.91 Å². The van der Waals surface area contributed by atoms with Gasteiger partial charge in [-0.1, -0.05) is 0 Å². The zero-order valence-electron chi connectivity index (χ0n) is 11.9. The molecule has 0 unspecified atom stereocenters. The number of phenols is 2. The van der Waals surface area contributed by atoms with Crippen LogP contribution >= 0.6 is 31.9 Å². The first-order valence-electron chi connectivity index (χ1n) is 6.31. The Hall–Kier alpha value is -2.06. The second kappa shape index (κ2) is 7.47. The fourth-order valence-electron chi connectivity index (χ4n) is 1.68. The zero-order chi connectivity index (χ0) is 17.0. The number of rotatable bonds is 4. The number of phenolic OH excluding ortho intramolecular Hbond substituents is 2. The van der Waals surface area contributed by atoms with Crippen LogP contribution in [-0.2, 0) is 0 Å². The highest BCUT2D eigenvalue weighted by molar-refractivity contribution is 9.13. The summed E-state index contributed by atoms with van der Waals surface area (Å²) in [4.78, 5) is 11.9. The summed E-state index contributed by atoms with van der Waals surface area (Å²) in [6, 6.07) is 7.88. The Kier molecular flexibility index (Phi) is 5.62. The second-order valence-electron chi connectivity index (χ2n) is 4.39. The summed E-state index contributed by atoms with van der Waals surface area (Å²) in [5, 5.41) is 23.0. The average molecular weight is 444 g/mol. The number of amides is 1. The third kappa shape index (κ3) is 4.02. The predicted molar refractivity (Wildman–Crippen MR) is 93.2 cm³/mol. The van der Waals surface area contributed by atoms with E-state index < -0.39 is 0 Å². The molecule has 0 heterocycles. The number of benzene rings is 2. The zero-order valence-corrected chi connectivity index (χ0v) is 15.1. The van der Waals surface area contributed by atoms with E-state index in [2.05, 4.69) is 42.4 Å². The quantitative estimate of drug-likeness (QED) is 0.383. The van der Waals surface area contributed by atoms with Crippen molar-refractivity contribution >= 4 is 44.0 Å². The normalized spacial score (nSPS) is 10.7. The summed E-state index contributed by atoms with van der Waals surface area (Å²) in [6.45, 7) is 0. The van der Waals surface area contributed by atoms with E-state index in [0.717, 1.165) is 0 Å². The van der Waals surface area contributed by atoms with Gasteiger partial charge in [0.15, 0.2) is 11.5 Å². The standard InChI is InChI=1S/C15H12Br2N2O4/c1-23-10-4-2-8(3-5-10)15(22)19-18-7-9-6-11(20)14(21)13(17)12(9)16/h2-7,20-21H,1H3,(H,19,22)/b18-7+. The van der Waals surface area contributed by atoms with Crippen molar-refractivity contribution in [2.24, 2.45) is 5.10 Å². The maximum absolute atomic E-state index is 11.9. The molecule has 2 rings (SSSR count). The highest BCUT2D eigenvalue weighted by Gasteiger charge is 2.12. The Bertz CT molecular complexity index is 761. The van der Waals surface area contributed by atoms with Crippen molar-refractivity contribution in [1.82, 2.24) is 5.43 Å². The number of aromatic hydroxyl groups is 2. The third-order valence-electron chi connectivity index (χ3n) is 2.91. The van der Waals surface area contributed by atoms with Gasteiger partial charge in [0.2, 0.25) is 0 Å². The second-order valence-corrected chi connectivity index (χ2v) is 5.98. The molecule has 0 aliphatic heterocycles. The first kappa shape index (κ1) is 17.3. The average Bonchev–Trinajstić information content (AvgIpc) is 2.57. The van der Waals surface area contributed by atoms with E-state index >= 15 is 0 Å². The van der Waals surface area contributed by atoms with Crippen molar-refractivity contribution < 1.29 is 19.7 Å². The molecule has 1 amide bonds. The molecule has 0 atom stereocenters. The van der Waals surface area contributed by atoms with Gasteiger partial charge in [-0.15, -0.1) is 0 Å². The van der Waals surface area contributed by atoms with Crippen LogP contribution in [0.3, 0.4) is 0 Å². The number of hydrogen-bond donors (Lipinski definition) is 3. The molecular formula is C15H12Br2N2O4. The number of ether oxygens (including phenoxy) is 1. The molecule has 0 fully saturated rings. The van der Waals surface area contributed by atoms with Crippen molar-refractivity contribution in [2.75, 3.05) is 7.11 Å². The van der Waals surface area contributed by atoms with Crippen molar-refractivity contribution in [3.05, 3.63) is 50.4 Å². The molecular weight excluding hydrogens is 432 g/mol. The topological polar surface area (TPSA) is 91.2 Å². The fourth-order valence-corrected chi connectivity index (χ4v) is 2.52. The van der Waals surface area contributed by atoms with Gasteiger partial charge in [-0.3, -0.25) is 4.79 Å². The van der Waals surface area contributed by atoms with Gasteiger partial charge in [0.1, 0.15) is 5.75 Å². The molecule has 0 aromatic heterocycles. The number of hydrogen-bond acceptors (Lipinski definition) is 5. The number of nitrogens with zero attached hydrogens (tertiary/aromatic N) is 1. The largest absolute Gasteiger partial charge is 0.504 e. The van der Waals surface area contributed by atoms with Crippen LogP contribution in [0.2, 0.25) is 0 Å². The molecule has 2 aromatic carbocycles. The van der Waals surface area contributed by atoms with Gasteiger partial charge < -0.3 is 14.9 Å². The highest BCUT2D eigenvalue weighted by atomic mass is 79.9. The Morgan fingerprint density at radius 1 is 1.22 bits per heavy atom. The van der Waals surface area contributed by atoms with Crippen molar-refractivity contribution in [3.8, 4) is 17.2 Å². The summed E-state index contributed by atoms with van der Waals surface area (Å²) in [7, 11) is 1.54. The van der Waals surface area contributed by atoms with Crippen LogP contribution in [0.1, 0.15) is 15.9 Å². The molecule has 3 N–H and O–H groups in total. The minimum absolute atomic E-state index is 0.281. The summed E-state index contributed by atoms with van der Waals surface area (Å²) < 4.78 is 5.81. The SMILES string of the molecule is COc1ccc(C(=O)N/N=C/c2cc(O)c(O)c(Br)c2Br)cc1. The lowest BCUT2D eigenvalue weighted by Gasteiger charge is -2.06. The van der Waals surface area contributed by atoms with Crippen LogP contribution in [0.4, 0.5) is 0 Å². The summed E-state index contributed by atoms with van der Waals surface area (Å²) in [5.74, 6) is -0.320. The van der Waals surface area contributed by atoms with Crippen LogP contribution < -0.4 is 10.2 Å². The molecule has 0 aliphatic carbocycles. The summed E-state index contributed by atoms with van der Waals surface area (Å²) in [5.41, 5.74) is 3.28. The smallest absolute Gasteiger partial charge is 0.271 e. The number of carbonyl (C=O) groups is 1. The lowest BCUT2D eigenvalue weighted by atomic mass is 10.2. The maximum atomic E-state index is 11.9. The van der Waals surface area contributed by atoms with Crippen molar-refractivity contribution in [2.45, 2.75) is 0 Å². The number of carbonyl (C=O) groups excluding carboxylic acids is 1. The van der Waals surface area contributed by atoms with Gasteiger partial charge >= 0.3 is 0 Å². The predicted octanol–water partition coefficient (Wildman–Crippen LogP) is 3.40. The molecule has 0 radical (unpaired) electrons. The van der Waals surface area contributed by atoms with Crippen LogP contribution in [0.15, 0.2) is 44.4 Å². The van der Waals surface area contributed by atoms with Crippen LogP contribution in [-0.4, -0.2) is 29.4 Å². The lowest BCUT2D eigenvalue weighted by molar-refractivity contribution is 0.0955. The molecule has 0 saturated heterocycles. The van der Waals surface area contributed by atoms with E-state index in [0.29, 0.717) is 25.8 Å². The number of halogens is 2. The van der Waals surface area contributed by atoms with E-state index in [-0.39, 0.29) is 17.4 Å². The van der Waals surface area contributed by atoms with Crippen LogP contribution in [0.25, 0.3) is 0 Å². The van der Waals surface area contributed by atoms with E-state index in [9.17, 15) is 15.0 Å². The minimum Gasteiger partial charge on any atom is -0.504 e. The minimum atomic E-state index is -0.387. The molecule has 0 spiro atoms. The van der Waals surface area contributed by atoms with E-state index in [1.807, 2.05) is 0 Å². The van der Waals surface area contributed by atoms with Gasteiger partial charge in [-0.25, -0.2) is 5.43 Å². The molecule has 8 heteroatoms. The third-order valence-corrected chi connectivity index (χ3v) is 5.07. The maximum Gasteiger partial charge on any atom is 0.271 e. The molecule has 2 aromatic rings. The first-order chi connectivity index (χ1) is 10.9. The number of nitrogens with one attached hydrogen (secondary N) is 1. The molecule has 6 nitrogen and oxygen atoms in total. The Labute approximate surface area is 149 Å². The van der Waals surface area contributed by atoms with Crippen LogP contribution in [0, 0.1) is 0 Å². The van der Waals surface area contributed by atoms with E-state index in [1.165, 1.54) is 12.3 Å². The van der Waals surface area contributed by atoms with E-state index in [1.54, 1.807) is 31.4 Å². The molecule has 120 valence electrons. The van der Waals surface area contributed by atoms with Gasteiger partial charge in [-0.2, -0.15) is 5.10 Å². The Balaban J connectivity index is 2.11. The number of hydrazone groups is 1. The summed E-state index contributed by atoms with van der Waals surface area (Å²) >= 11 is 6.39. The Morgan fingerprint density at radius 2 is 1.87 bits per heavy atom. The van der Waals surface area contributed by atoms with Crippen molar-refractivity contribution in [1.29, 1.82) is 0 Å². The van der Waals surface area contributed by atoms with Crippen LogP contribution in [0.5, 0.6) is 17.2 Å². The van der Waals surface area contributed by atoms with Gasteiger partial charge in [-0.05, 0) is 62.2 Å². The van der Waals surface area contributed by atoms with Gasteiger partial charge in [0.05, 0.1) is 17.8 Å². The highest BCUT2D eigenvalue weighted by Crippen LogP contribution is 2.40. The molecule has 0 aliphatic rings. The van der Waals surface area contributed by atoms with Crippen molar-refractivity contribution in [3.63, 3.8) is 0 Å². The fraction of sp³-hybridized carbons (Fsp3) is 0.0667. The summed E-state index contributed by atoms with van der Waals surface area (Å²) in [6.07, 6.45) is 1.34. The lowest BCUT2D eigenvalue weighted by Crippen LogP contribution is -2.17. The molecule has 0 saturated carbocycles. The number of methoxy groups -OCH3 is 1.